The lowest BCUT2D eigenvalue weighted by Crippen LogP contribution is -2.37. The highest BCUT2D eigenvalue weighted by Gasteiger charge is 2.34. The molecule has 0 bridgehead atoms. The van der Waals surface area contributed by atoms with Gasteiger partial charge in [0.15, 0.2) is 0 Å². The molecule has 0 saturated carbocycles. The summed E-state index contributed by atoms with van der Waals surface area (Å²) >= 11 is 0. The van der Waals surface area contributed by atoms with Gasteiger partial charge in [0, 0.05) is 17.8 Å². The van der Waals surface area contributed by atoms with Crippen LogP contribution in [0.3, 0.4) is 0 Å². The lowest BCUT2D eigenvalue weighted by atomic mass is 9.90. The molecule has 0 atom stereocenters. The Morgan fingerprint density at radius 2 is 1.67 bits per heavy atom. The summed E-state index contributed by atoms with van der Waals surface area (Å²) in [7, 11) is -3.64. The van der Waals surface area contributed by atoms with Gasteiger partial charge in [0.05, 0.1) is 17.5 Å². The molecule has 1 aliphatic rings. The molecule has 0 saturated heterocycles. The molecular formula is C26H25F3N2O4S. The van der Waals surface area contributed by atoms with Crippen LogP contribution in [0.15, 0.2) is 54.6 Å². The molecule has 4 rings (SSSR count). The number of amides is 1. The van der Waals surface area contributed by atoms with Crippen LogP contribution >= 0.6 is 0 Å². The number of sulfonamides is 1. The Morgan fingerprint density at radius 1 is 1.00 bits per heavy atom. The maximum absolute atomic E-state index is 13.7. The van der Waals surface area contributed by atoms with E-state index in [1.54, 1.807) is 38.1 Å². The number of carbonyl (C=O) groups excluding carboxylic acids is 1. The number of nitrogens with one attached hydrogen (secondary N) is 1. The van der Waals surface area contributed by atoms with E-state index in [1.165, 1.54) is 29.2 Å². The number of hydrogen-bond acceptors (Lipinski definition) is 4. The molecule has 3 aromatic rings. The molecule has 0 aromatic heterocycles. The number of anilines is 2. The standard InChI is InChI=1S/C26H25F3N2O4S/c1-15(2)20-7-4-17(13-22(20)26(27,28)29)16-5-8-21-18(12-16)10-11-31(25(21)33)19-6-9-24(32)23(14-19)30-36(3,34)35/h4-9,12-15,30,32H,10-11H2,1-3H3. The highest BCUT2D eigenvalue weighted by molar-refractivity contribution is 7.92. The zero-order chi connectivity index (χ0) is 26.4. The van der Waals surface area contributed by atoms with Crippen LogP contribution in [0.25, 0.3) is 11.1 Å². The van der Waals surface area contributed by atoms with Crippen molar-refractivity contribution in [2.45, 2.75) is 32.4 Å². The maximum Gasteiger partial charge on any atom is 0.416 e. The second-order valence-electron chi connectivity index (χ2n) is 9.11. The van der Waals surface area contributed by atoms with Crippen LogP contribution in [-0.2, 0) is 22.6 Å². The minimum Gasteiger partial charge on any atom is -0.506 e. The van der Waals surface area contributed by atoms with E-state index in [0.717, 1.165) is 12.3 Å². The van der Waals surface area contributed by atoms with Crippen LogP contribution in [0.2, 0.25) is 0 Å². The summed E-state index contributed by atoms with van der Waals surface area (Å²) in [4.78, 5) is 14.7. The second kappa shape index (κ2) is 9.16. The topological polar surface area (TPSA) is 86.7 Å². The normalized spacial score (nSPS) is 14.2. The maximum atomic E-state index is 13.7. The number of alkyl halides is 3. The predicted molar refractivity (Wildman–Crippen MR) is 133 cm³/mol. The summed E-state index contributed by atoms with van der Waals surface area (Å²) in [5, 5.41) is 9.98. The fraction of sp³-hybridized carbons (Fsp3) is 0.269. The molecule has 2 N–H and O–H groups in total. The number of fused-ring (bicyclic) bond motifs is 1. The molecule has 1 aliphatic heterocycles. The third-order valence-electron chi connectivity index (χ3n) is 6.09. The number of hydrogen-bond donors (Lipinski definition) is 2. The van der Waals surface area contributed by atoms with Crippen molar-refractivity contribution in [3.05, 3.63) is 76.9 Å². The van der Waals surface area contributed by atoms with Crippen LogP contribution in [0.1, 0.15) is 46.8 Å². The van der Waals surface area contributed by atoms with Gasteiger partial charge in [-0.15, -0.1) is 0 Å². The highest BCUT2D eigenvalue weighted by atomic mass is 32.2. The van der Waals surface area contributed by atoms with E-state index < -0.39 is 21.8 Å². The van der Waals surface area contributed by atoms with Crippen molar-refractivity contribution in [1.82, 2.24) is 0 Å². The molecular weight excluding hydrogens is 493 g/mol. The first-order valence-corrected chi connectivity index (χ1v) is 13.1. The van der Waals surface area contributed by atoms with E-state index in [4.69, 9.17) is 0 Å². The largest absolute Gasteiger partial charge is 0.506 e. The average Bonchev–Trinajstić information content (AvgIpc) is 2.79. The van der Waals surface area contributed by atoms with Gasteiger partial charge in [-0.1, -0.05) is 38.1 Å². The van der Waals surface area contributed by atoms with Crippen LogP contribution < -0.4 is 9.62 Å². The molecule has 0 fully saturated rings. The molecule has 190 valence electrons. The number of halogens is 3. The highest BCUT2D eigenvalue weighted by Crippen LogP contribution is 2.39. The summed E-state index contributed by atoms with van der Waals surface area (Å²) in [5.41, 5.74) is 2.04. The first-order valence-electron chi connectivity index (χ1n) is 11.2. The Hall–Kier alpha value is -3.53. The first-order chi connectivity index (χ1) is 16.7. The van der Waals surface area contributed by atoms with Crippen molar-refractivity contribution < 1.29 is 31.5 Å². The van der Waals surface area contributed by atoms with Crippen LogP contribution in [0.4, 0.5) is 24.5 Å². The molecule has 1 amide bonds. The van der Waals surface area contributed by atoms with Gasteiger partial charge in [-0.25, -0.2) is 8.42 Å². The van der Waals surface area contributed by atoms with Gasteiger partial charge in [-0.05, 0) is 64.9 Å². The molecule has 0 radical (unpaired) electrons. The number of carbonyl (C=O) groups is 1. The summed E-state index contributed by atoms with van der Waals surface area (Å²) in [6.07, 6.45) is -3.08. The van der Waals surface area contributed by atoms with E-state index in [0.29, 0.717) is 34.4 Å². The smallest absolute Gasteiger partial charge is 0.416 e. The van der Waals surface area contributed by atoms with Crippen LogP contribution in [0.5, 0.6) is 5.75 Å². The fourth-order valence-corrected chi connectivity index (χ4v) is 4.94. The van der Waals surface area contributed by atoms with Crippen LogP contribution in [-0.4, -0.2) is 32.2 Å². The Bertz CT molecular complexity index is 1450. The second-order valence-corrected chi connectivity index (χ2v) is 10.9. The van der Waals surface area contributed by atoms with E-state index in [-0.39, 0.29) is 35.4 Å². The minimum absolute atomic E-state index is 0.0470. The fourth-order valence-electron chi connectivity index (χ4n) is 4.37. The van der Waals surface area contributed by atoms with E-state index in [1.807, 2.05) is 0 Å². The van der Waals surface area contributed by atoms with Gasteiger partial charge in [0.1, 0.15) is 5.75 Å². The monoisotopic (exact) mass is 518 g/mol. The molecule has 10 heteroatoms. The average molecular weight is 519 g/mol. The van der Waals surface area contributed by atoms with E-state index >= 15 is 0 Å². The van der Waals surface area contributed by atoms with Gasteiger partial charge >= 0.3 is 6.18 Å². The van der Waals surface area contributed by atoms with Crippen molar-refractivity contribution in [1.29, 1.82) is 0 Å². The number of phenolic OH excluding ortho intramolecular Hbond substituents is 1. The lowest BCUT2D eigenvalue weighted by Gasteiger charge is -2.29. The summed E-state index contributed by atoms with van der Waals surface area (Å²) in [5.74, 6) is -0.888. The Kier molecular flexibility index (Phi) is 6.51. The molecule has 3 aromatic carbocycles. The summed E-state index contributed by atoms with van der Waals surface area (Å²) in [6, 6.07) is 13.5. The Balaban J connectivity index is 1.66. The number of phenols is 1. The van der Waals surface area contributed by atoms with Crippen molar-refractivity contribution in [3.63, 3.8) is 0 Å². The SMILES string of the molecule is CC(C)c1ccc(-c2ccc3c(c2)CCN(c2ccc(O)c(NS(C)(=O)=O)c2)C3=O)cc1C(F)(F)F. The van der Waals surface area contributed by atoms with E-state index in [9.17, 15) is 31.5 Å². The molecule has 0 spiro atoms. The lowest BCUT2D eigenvalue weighted by molar-refractivity contribution is -0.138. The van der Waals surface area contributed by atoms with Gasteiger partial charge in [-0.3, -0.25) is 9.52 Å². The third kappa shape index (κ3) is 5.18. The zero-order valence-corrected chi connectivity index (χ0v) is 20.7. The van der Waals surface area contributed by atoms with Crippen molar-refractivity contribution >= 4 is 27.3 Å². The van der Waals surface area contributed by atoms with Crippen molar-refractivity contribution in [2.75, 3.05) is 22.4 Å². The summed E-state index contributed by atoms with van der Waals surface area (Å²) in [6.45, 7) is 3.71. The Morgan fingerprint density at radius 3 is 2.31 bits per heavy atom. The van der Waals surface area contributed by atoms with Gasteiger partial charge in [0.2, 0.25) is 10.0 Å². The van der Waals surface area contributed by atoms with E-state index in [2.05, 4.69) is 4.72 Å². The van der Waals surface area contributed by atoms with Gasteiger partial charge < -0.3 is 10.0 Å². The number of nitrogens with zero attached hydrogens (tertiary/aromatic N) is 1. The van der Waals surface area contributed by atoms with Crippen molar-refractivity contribution in [3.8, 4) is 16.9 Å². The summed E-state index contributed by atoms with van der Waals surface area (Å²) < 4.78 is 66.4. The minimum atomic E-state index is -4.48. The molecule has 6 nitrogen and oxygen atoms in total. The van der Waals surface area contributed by atoms with Gasteiger partial charge in [-0.2, -0.15) is 13.2 Å². The molecule has 0 aliphatic carbocycles. The third-order valence-corrected chi connectivity index (χ3v) is 6.68. The molecule has 0 unspecified atom stereocenters. The zero-order valence-electron chi connectivity index (χ0n) is 19.8. The predicted octanol–water partition coefficient (Wildman–Crippen LogP) is 5.78. The molecule has 36 heavy (non-hydrogen) atoms. The Labute approximate surface area is 207 Å². The number of benzene rings is 3. The first kappa shape index (κ1) is 25.6. The van der Waals surface area contributed by atoms with Gasteiger partial charge in [0.25, 0.3) is 5.91 Å². The quantitative estimate of drug-likeness (QED) is 0.420. The van der Waals surface area contributed by atoms with Crippen molar-refractivity contribution in [2.24, 2.45) is 0 Å². The number of aromatic hydroxyl groups is 1. The molecule has 1 heterocycles. The van der Waals surface area contributed by atoms with Crippen LogP contribution in [0, 0.1) is 0 Å². The number of rotatable bonds is 5.